The maximum Gasteiger partial charge on any atom is 0.124 e. The largest absolute Gasteiger partial charge is 0.493 e. The molecule has 0 fully saturated rings. The Kier molecular flexibility index (Phi) is 3.02. The molecular formula is C14H17N3O. The van der Waals surface area contributed by atoms with Gasteiger partial charge >= 0.3 is 0 Å². The highest BCUT2D eigenvalue weighted by molar-refractivity contribution is 5.37. The topological polar surface area (TPSA) is 39.1 Å². The fourth-order valence-corrected chi connectivity index (χ4v) is 2.34. The lowest BCUT2D eigenvalue weighted by Gasteiger charge is -2.26. The van der Waals surface area contributed by atoms with Crippen LogP contribution in [-0.4, -0.2) is 16.4 Å². The van der Waals surface area contributed by atoms with Crippen molar-refractivity contribution < 1.29 is 4.74 Å². The molecule has 4 heteroatoms. The Morgan fingerprint density at radius 2 is 2.28 bits per heavy atom. The molecule has 0 saturated carbocycles. The van der Waals surface area contributed by atoms with Crippen molar-refractivity contribution in [3.63, 3.8) is 0 Å². The molecule has 0 aliphatic carbocycles. The van der Waals surface area contributed by atoms with E-state index in [1.807, 2.05) is 36.1 Å². The first-order chi connectivity index (χ1) is 8.83. The molecule has 0 saturated heterocycles. The van der Waals surface area contributed by atoms with Crippen LogP contribution in [0.1, 0.15) is 23.7 Å². The van der Waals surface area contributed by atoms with Gasteiger partial charge in [-0.2, -0.15) is 5.10 Å². The Hall–Kier alpha value is -1.81. The highest BCUT2D eigenvalue weighted by atomic mass is 16.5. The molecule has 1 N–H and O–H groups in total. The lowest BCUT2D eigenvalue weighted by molar-refractivity contribution is 0.252. The Labute approximate surface area is 107 Å². The zero-order valence-corrected chi connectivity index (χ0v) is 10.5. The van der Waals surface area contributed by atoms with Crippen LogP contribution in [0.15, 0.2) is 36.5 Å². The number of rotatable bonds is 3. The van der Waals surface area contributed by atoms with Gasteiger partial charge in [-0.3, -0.25) is 4.68 Å². The Morgan fingerprint density at radius 1 is 1.39 bits per heavy atom. The van der Waals surface area contributed by atoms with E-state index in [1.54, 1.807) is 0 Å². The van der Waals surface area contributed by atoms with Gasteiger partial charge in [-0.1, -0.05) is 18.2 Å². The van der Waals surface area contributed by atoms with E-state index in [2.05, 4.69) is 22.5 Å². The smallest absolute Gasteiger partial charge is 0.124 e. The van der Waals surface area contributed by atoms with E-state index < -0.39 is 0 Å². The minimum Gasteiger partial charge on any atom is -0.493 e. The van der Waals surface area contributed by atoms with Gasteiger partial charge < -0.3 is 10.1 Å². The fourth-order valence-electron chi connectivity index (χ4n) is 2.34. The average molecular weight is 243 g/mol. The predicted molar refractivity (Wildman–Crippen MR) is 69.3 cm³/mol. The molecular weight excluding hydrogens is 226 g/mol. The van der Waals surface area contributed by atoms with E-state index >= 15 is 0 Å². The summed E-state index contributed by atoms with van der Waals surface area (Å²) in [6.07, 6.45) is 2.97. The minimum atomic E-state index is 0.358. The van der Waals surface area contributed by atoms with Crippen molar-refractivity contribution in [1.82, 2.24) is 15.1 Å². The lowest BCUT2D eigenvalue weighted by atomic mass is 10.0. The molecule has 18 heavy (non-hydrogen) atoms. The Bertz CT molecular complexity index is 535. The van der Waals surface area contributed by atoms with Crippen LogP contribution >= 0.6 is 0 Å². The molecule has 4 nitrogen and oxygen atoms in total. The number of nitrogens with zero attached hydrogens (tertiary/aromatic N) is 2. The molecule has 2 heterocycles. The molecule has 1 unspecified atom stereocenters. The third-order valence-electron chi connectivity index (χ3n) is 3.26. The zero-order valence-electron chi connectivity index (χ0n) is 10.5. The van der Waals surface area contributed by atoms with Crippen molar-refractivity contribution in [3.05, 3.63) is 47.8 Å². The second-order valence-electron chi connectivity index (χ2n) is 4.59. The first-order valence-corrected chi connectivity index (χ1v) is 6.26. The van der Waals surface area contributed by atoms with Gasteiger partial charge in [0, 0.05) is 37.8 Å². The first kappa shape index (κ1) is 11.3. The molecule has 3 rings (SSSR count). The summed E-state index contributed by atoms with van der Waals surface area (Å²) in [5.41, 5.74) is 2.32. The number of fused-ring (bicyclic) bond motifs is 1. The lowest BCUT2D eigenvalue weighted by Crippen LogP contribution is -2.26. The summed E-state index contributed by atoms with van der Waals surface area (Å²) in [5, 5.41) is 7.93. The number of ether oxygens (including phenoxy) is 1. The van der Waals surface area contributed by atoms with E-state index in [0.717, 1.165) is 31.0 Å². The molecule has 0 spiro atoms. The Balaban J connectivity index is 1.71. The van der Waals surface area contributed by atoms with E-state index in [4.69, 9.17) is 4.74 Å². The van der Waals surface area contributed by atoms with Crippen molar-refractivity contribution in [1.29, 1.82) is 0 Å². The molecule has 0 bridgehead atoms. The minimum absolute atomic E-state index is 0.358. The Morgan fingerprint density at radius 3 is 3.11 bits per heavy atom. The van der Waals surface area contributed by atoms with Gasteiger partial charge in [0.2, 0.25) is 0 Å². The second kappa shape index (κ2) is 4.82. The maximum atomic E-state index is 5.65. The fraction of sp³-hybridized carbons (Fsp3) is 0.357. The van der Waals surface area contributed by atoms with Gasteiger partial charge in [-0.15, -0.1) is 0 Å². The molecule has 0 radical (unpaired) electrons. The van der Waals surface area contributed by atoms with E-state index in [-0.39, 0.29) is 0 Å². The highest BCUT2D eigenvalue weighted by Crippen LogP contribution is 2.31. The van der Waals surface area contributed by atoms with Crippen LogP contribution in [0.2, 0.25) is 0 Å². The van der Waals surface area contributed by atoms with Gasteiger partial charge in [0.05, 0.1) is 12.3 Å². The van der Waals surface area contributed by atoms with Crippen LogP contribution in [0.3, 0.4) is 0 Å². The third kappa shape index (κ3) is 2.24. The molecule has 1 aliphatic rings. The van der Waals surface area contributed by atoms with Crippen molar-refractivity contribution in [2.24, 2.45) is 7.05 Å². The van der Waals surface area contributed by atoms with Gasteiger partial charge in [-0.25, -0.2) is 0 Å². The summed E-state index contributed by atoms with van der Waals surface area (Å²) in [6.45, 7) is 1.57. The van der Waals surface area contributed by atoms with Crippen molar-refractivity contribution in [2.75, 3.05) is 6.61 Å². The van der Waals surface area contributed by atoms with Crippen molar-refractivity contribution >= 4 is 0 Å². The summed E-state index contributed by atoms with van der Waals surface area (Å²) in [4.78, 5) is 0. The quantitative estimate of drug-likeness (QED) is 0.896. The van der Waals surface area contributed by atoms with E-state index in [1.165, 1.54) is 5.56 Å². The van der Waals surface area contributed by atoms with Crippen LogP contribution in [0.25, 0.3) is 0 Å². The van der Waals surface area contributed by atoms with Gasteiger partial charge in [0.1, 0.15) is 5.75 Å². The highest BCUT2D eigenvalue weighted by Gasteiger charge is 2.20. The molecule has 2 aromatic rings. The summed E-state index contributed by atoms with van der Waals surface area (Å²) in [6, 6.07) is 10.6. The number of hydrogen-bond donors (Lipinski definition) is 1. The molecule has 1 aliphatic heterocycles. The van der Waals surface area contributed by atoms with Crippen molar-refractivity contribution in [2.45, 2.75) is 19.0 Å². The summed E-state index contributed by atoms with van der Waals surface area (Å²) < 4.78 is 7.48. The van der Waals surface area contributed by atoms with Gasteiger partial charge in [0.15, 0.2) is 0 Å². The normalized spacial score (nSPS) is 18.2. The molecule has 1 aromatic heterocycles. The summed E-state index contributed by atoms with van der Waals surface area (Å²) >= 11 is 0. The first-order valence-electron chi connectivity index (χ1n) is 6.26. The summed E-state index contributed by atoms with van der Waals surface area (Å²) in [5.74, 6) is 1.00. The number of aromatic nitrogens is 2. The van der Waals surface area contributed by atoms with Crippen molar-refractivity contribution in [3.8, 4) is 5.75 Å². The predicted octanol–water partition coefficient (Wildman–Crippen LogP) is 2.03. The number of nitrogens with one attached hydrogen (secondary N) is 1. The number of aryl methyl sites for hydroxylation is 1. The molecule has 1 atom stereocenters. The number of hydrogen-bond acceptors (Lipinski definition) is 3. The SMILES string of the molecule is Cn1ccc(CNC2CCOc3ccccc32)n1. The molecule has 94 valence electrons. The number of benzene rings is 1. The molecule has 1 aromatic carbocycles. The van der Waals surface area contributed by atoms with E-state index in [0.29, 0.717) is 6.04 Å². The van der Waals surface area contributed by atoms with Crippen LogP contribution < -0.4 is 10.1 Å². The van der Waals surface area contributed by atoms with E-state index in [9.17, 15) is 0 Å². The average Bonchev–Trinajstić information content (AvgIpc) is 2.82. The van der Waals surface area contributed by atoms with Crippen LogP contribution in [0.5, 0.6) is 5.75 Å². The number of para-hydroxylation sites is 1. The van der Waals surface area contributed by atoms with Crippen LogP contribution in [0.4, 0.5) is 0 Å². The third-order valence-corrected chi connectivity index (χ3v) is 3.26. The van der Waals surface area contributed by atoms with Gasteiger partial charge in [-0.05, 0) is 12.1 Å². The summed E-state index contributed by atoms with van der Waals surface area (Å²) in [7, 11) is 1.94. The van der Waals surface area contributed by atoms with Gasteiger partial charge in [0.25, 0.3) is 0 Å². The standard InChI is InChI=1S/C14H17N3O/c1-17-8-6-11(16-17)10-15-13-7-9-18-14-5-3-2-4-12(13)14/h2-6,8,13,15H,7,9-10H2,1H3. The van der Waals surface area contributed by atoms with Crippen LogP contribution in [-0.2, 0) is 13.6 Å². The van der Waals surface area contributed by atoms with Crippen LogP contribution in [0, 0.1) is 0 Å². The molecule has 0 amide bonds. The zero-order chi connectivity index (χ0) is 12.4. The second-order valence-corrected chi connectivity index (χ2v) is 4.59. The maximum absolute atomic E-state index is 5.65. The monoisotopic (exact) mass is 243 g/mol.